The molecule has 0 radical (unpaired) electrons. The lowest BCUT2D eigenvalue weighted by molar-refractivity contribution is 0.0506. The highest BCUT2D eigenvalue weighted by atomic mass is 35.5. The van der Waals surface area contributed by atoms with Crippen LogP contribution in [0.5, 0.6) is 0 Å². The van der Waals surface area contributed by atoms with Gasteiger partial charge in [-0.3, -0.25) is 4.90 Å². The van der Waals surface area contributed by atoms with Crippen molar-refractivity contribution >= 4 is 28.6 Å². The number of carbonyl (C=O) groups excluding carboxylic acids is 1. The lowest BCUT2D eigenvalue weighted by Crippen LogP contribution is -2.40. The van der Waals surface area contributed by atoms with Crippen LogP contribution in [0.3, 0.4) is 0 Å². The minimum absolute atomic E-state index is 0.0991. The van der Waals surface area contributed by atoms with Gasteiger partial charge in [-0.25, -0.2) is 9.78 Å². The number of alkyl carbamates (subject to hydrolysis) is 1. The molecule has 1 aromatic carbocycles. The molecule has 0 aliphatic carbocycles. The zero-order valence-corrected chi connectivity index (χ0v) is 15.6. The molecule has 25 heavy (non-hydrogen) atoms. The molecule has 2 heterocycles. The maximum absolute atomic E-state index is 11.9. The number of hydrogen-bond acceptors (Lipinski definition) is 4. The summed E-state index contributed by atoms with van der Waals surface area (Å²) in [4.78, 5) is 18.6. The summed E-state index contributed by atoms with van der Waals surface area (Å²) in [5.74, 6) is 0. The van der Waals surface area contributed by atoms with Gasteiger partial charge in [-0.2, -0.15) is 0 Å². The molecular weight excluding hydrogens is 338 g/mol. The van der Waals surface area contributed by atoms with Gasteiger partial charge in [0.2, 0.25) is 0 Å². The van der Waals surface area contributed by atoms with Gasteiger partial charge in [-0.05, 0) is 39.3 Å². The lowest BCUT2D eigenvalue weighted by atomic mass is 10.1. The third-order valence-corrected chi connectivity index (χ3v) is 4.46. The van der Waals surface area contributed by atoms with Crippen molar-refractivity contribution in [2.24, 2.45) is 0 Å². The van der Waals surface area contributed by atoms with Gasteiger partial charge >= 0.3 is 6.09 Å². The van der Waals surface area contributed by atoms with E-state index in [1.54, 1.807) is 0 Å². The number of nitrogens with one attached hydrogen (secondary N) is 1. The number of hydrogen-bond donors (Lipinski definition) is 1. The van der Waals surface area contributed by atoms with E-state index in [4.69, 9.17) is 16.3 Å². The molecule has 1 aliphatic rings. The molecule has 5 nitrogen and oxygen atoms in total. The molecule has 1 amide bonds. The van der Waals surface area contributed by atoms with E-state index in [1.807, 2.05) is 45.0 Å². The van der Waals surface area contributed by atoms with Crippen LogP contribution in [-0.2, 0) is 11.3 Å². The van der Waals surface area contributed by atoms with E-state index in [2.05, 4.69) is 21.3 Å². The van der Waals surface area contributed by atoms with Crippen LogP contribution in [0.25, 0.3) is 10.9 Å². The van der Waals surface area contributed by atoms with Gasteiger partial charge in [0.25, 0.3) is 0 Å². The highest BCUT2D eigenvalue weighted by molar-refractivity contribution is 6.30. The smallest absolute Gasteiger partial charge is 0.407 e. The Morgan fingerprint density at radius 3 is 2.92 bits per heavy atom. The predicted octanol–water partition coefficient (Wildman–Crippen LogP) is 3.99. The number of ether oxygens (including phenoxy) is 1. The third kappa shape index (κ3) is 4.83. The predicted molar refractivity (Wildman–Crippen MR) is 99.8 cm³/mol. The lowest BCUT2D eigenvalue weighted by Gasteiger charge is -2.22. The van der Waals surface area contributed by atoms with Gasteiger partial charge in [-0.15, -0.1) is 0 Å². The van der Waals surface area contributed by atoms with Gasteiger partial charge < -0.3 is 10.1 Å². The number of carbonyl (C=O) groups is 1. The van der Waals surface area contributed by atoms with Crippen molar-refractivity contribution in [3.05, 3.63) is 41.0 Å². The first-order chi connectivity index (χ1) is 11.8. The maximum atomic E-state index is 11.9. The number of para-hydroxylation sites is 1. The summed E-state index contributed by atoms with van der Waals surface area (Å²) < 4.78 is 5.32. The minimum atomic E-state index is -0.479. The molecule has 1 fully saturated rings. The second-order valence-electron chi connectivity index (χ2n) is 7.50. The molecule has 1 atom stereocenters. The van der Waals surface area contributed by atoms with E-state index in [0.717, 1.165) is 42.5 Å². The Hall–Kier alpha value is -1.85. The van der Waals surface area contributed by atoms with Crippen LogP contribution in [0.1, 0.15) is 32.8 Å². The molecule has 1 aromatic heterocycles. The van der Waals surface area contributed by atoms with E-state index in [1.165, 1.54) is 0 Å². The second kappa shape index (κ2) is 7.18. The first-order valence-corrected chi connectivity index (χ1v) is 8.94. The number of halogens is 1. The summed E-state index contributed by atoms with van der Waals surface area (Å²) in [6, 6.07) is 10.2. The van der Waals surface area contributed by atoms with Crippen LogP contribution in [0.2, 0.25) is 5.15 Å². The number of amides is 1. The molecular formula is C19H24ClN3O2. The number of rotatable bonds is 3. The molecule has 134 valence electrons. The highest BCUT2D eigenvalue weighted by Crippen LogP contribution is 2.23. The first-order valence-electron chi connectivity index (χ1n) is 8.56. The summed E-state index contributed by atoms with van der Waals surface area (Å²) in [5.41, 5.74) is 1.44. The SMILES string of the molecule is CC(C)(C)OC(=O)N[C@H]1CCN(Cc2cc3ccccc3nc2Cl)C1. The standard InChI is InChI=1S/C19H24ClN3O2/c1-19(2,3)25-18(24)21-15-8-9-23(12-15)11-14-10-13-6-4-5-7-16(13)22-17(14)20/h4-7,10,15H,8-9,11-12H2,1-3H3,(H,21,24)/t15-/m0/s1. The van der Waals surface area contributed by atoms with Crippen molar-refractivity contribution in [2.45, 2.75) is 45.4 Å². The van der Waals surface area contributed by atoms with E-state index >= 15 is 0 Å². The zero-order chi connectivity index (χ0) is 18.0. The van der Waals surface area contributed by atoms with Crippen molar-refractivity contribution in [2.75, 3.05) is 13.1 Å². The van der Waals surface area contributed by atoms with Crippen LogP contribution in [0.4, 0.5) is 4.79 Å². The van der Waals surface area contributed by atoms with Gasteiger partial charge in [0.15, 0.2) is 0 Å². The largest absolute Gasteiger partial charge is 0.444 e. The van der Waals surface area contributed by atoms with E-state index in [-0.39, 0.29) is 12.1 Å². The number of likely N-dealkylation sites (tertiary alicyclic amines) is 1. The van der Waals surface area contributed by atoms with E-state index < -0.39 is 5.60 Å². The van der Waals surface area contributed by atoms with Gasteiger partial charge in [0, 0.05) is 36.6 Å². The fourth-order valence-electron chi connectivity index (χ4n) is 3.06. The number of fused-ring (bicyclic) bond motifs is 1. The highest BCUT2D eigenvalue weighted by Gasteiger charge is 2.26. The Morgan fingerprint density at radius 1 is 1.40 bits per heavy atom. The second-order valence-corrected chi connectivity index (χ2v) is 7.86. The molecule has 6 heteroatoms. The monoisotopic (exact) mass is 361 g/mol. The van der Waals surface area contributed by atoms with Crippen molar-refractivity contribution < 1.29 is 9.53 Å². The van der Waals surface area contributed by atoms with Crippen LogP contribution in [0, 0.1) is 0 Å². The summed E-state index contributed by atoms with van der Waals surface area (Å²) >= 11 is 6.35. The molecule has 0 spiro atoms. The van der Waals surface area contributed by atoms with Crippen LogP contribution in [-0.4, -0.2) is 40.7 Å². The van der Waals surface area contributed by atoms with Crippen LogP contribution in [0.15, 0.2) is 30.3 Å². The number of aromatic nitrogens is 1. The maximum Gasteiger partial charge on any atom is 0.407 e. The quantitative estimate of drug-likeness (QED) is 0.840. The first kappa shape index (κ1) is 18.0. The van der Waals surface area contributed by atoms with Crippen LogP contribution < -0.4 is 5.32 Å². The summed E-state index contributed by atoms with van der Waals surface area (Å²) in [7, 11) is 0. The fraction of sp³-hybridized carbons (Fsp3) is 0.474. The summed E-state index contributed by atoms with van der Waals surface area (Å²) in [5, 5.41) is 4.58. The van der Waals surface area contributed by atoms with Gasteiger partial charge in [0.05, 0.1) is 5.52 Å². The normalized spacial score (nSPS) is 18.5. The molecule has 0 saturated carbocycles. The average molecular weight is 362 g/mol. The Balaban J connectivity index is 1.60. The van der Waals surface area contributed by atoms with Crippen molar-refractivity contribution in [3.63, 3.8) is 0 Å². The summed E-state index contributed by atoms with van der Waals surface area (Å²) in [6.45, 7) is 8.00. The fourth-order valence-corrected chi connectivity index (χ4v) is 3.26. The molecule has 1 N–H and O–H groups in total. The van der Waals surface area contributed by atoms with Crippen molar-refractivity contribution in [3.8, 4) is 0 Å². The Labute approximate surface area is 153 Å². The molecule has 1 aliphatic heterocycles. The van der Waals surface area contributed by atoms with Gasteiger partial charge in [-0.1, -0.05) is 29.8 Å². The third-order valence-electron chi connectivity index (χ3n) is 4.14. The minimum Gasteiger partial charge on any atom is -0.444 e. The Kier molecular flexibility index (Phi) is 5.16. The van der Waals surface area contributed by atoms with E-state index in [0.29, 0.717) is 5.15 Å². The van der Waals surface area contributed by atoms with Gasteiger partial charge in [0.1, 0.15) is 10.8 Å². The average Bonchev–Trinajstić information content (AvgIpc) is 2.93. The molecule has 2 aromatic rings. The number of pyridine rings is 1. The molecule has 0 unspecified atom stereocenters. The molecule has 0 bridgehead atoms. The van der Waals surface area contributed by atoms with Crippen LogP contribution >= 0.6 is 11.6 Å². The topological polar surface area (TPSA) is 54.5 Å². The zero-order valence-electron chi connectivity index (χ0n) is 14.9. The Morgan fingerprint density at radius 2 is 2.16 bits per heavy atom. The van der Waals surface area contributed by atoms with E-state index in [9.17, 15) is 4.79 Å². The summed E-state index contributed by atoms with van der Waals surface area (Å²) in [6.07, 6.45) is 0.544. The molecule has 1 saturated heterocycles. The number of nitrogens with zero attached hydrogens (tertiary/aromatic N) is 2. The van der Waals surface area contributed by atoms with Crippen molar-refractivity contribution in [1.82, 2.24) is 15.2 Å². The Bertz CT molecular complexity index is 773. The molecule has 3 rings (SSSR count). The number of benzene rings is 1. The van der Waals surface area contributed by atoms with Crippen molar-refractivity contribution in [1.29, 1.82) is 0 Å².